The molecule has 0 aromatic heterocycles. The topological polar surface area (TPSA) is 15.3 Å². The first-order valence-electron chi connectivity index (χ1n) is 6.31. The van der Waals surface area contributed by atoms with Crippen molar-refractivity contribution >= 4 is 0 Å². The molecule has 1 fully saturated rings. The van der Waals surface area contributed by atoms with E-state index in [4.69, 9.17) is 0 Å². The first-order chi connectivity index (χ1) is 7.34. The van der Waals surface area contributed by atoms with Crippen molar-refractivity contribution in [2.24, 2.45) is 0 Å². The number of nitrogens with zero attached hydrogens (tertiary/aromatic N) is 1. The number of hydrogen-bond donors (Lipinski definition) is 1. The van der Waals surface area contributed by atoms with Gasteiger partial charge < -0.3 is 10.2 Å². The van der Waals surface area contributed by atoms with E-state index < -0.39 is 0 Å². The van der Waals surface area contributed by atoms with Crippen molar-refractivity contribution in [1.82, 2.24) is 10.2 Å². The van der Waals surface area contributed by atoms with Crippen molar-refractivity contribution in [2.45, 2.75) is 44.6 Å². The molecule has 0 spiro atoms. The van der Waals surface area contributed by atoms with E-state index in [-0.39, 0.29) is 6.67 Å². The number of hydrogen-bond acceptors (Lipinski definition) is 2. The first kappa shape index (κ1) is 12.9. The Morgan fingerprint density at radius 1 is 1.20 bits per heavy atom. The summed E-state index contributed by atoms with van der Waals surface area (Å²) in [7, 11) is 2.23. The van der Waals surface area contributed by atoms with Crippen LogP contribution in [0.5, 0.6) is 0 Å². The molecule has 0 bridgehead atoms. The van der Waals surface area contributed by atoms with Crippen molar-refractivity contribution in [2.75, 3.05) is 33.4 Å². The van der Waals surface area contributed by atoms with Gasteiger partial charge in [-0.25, -0.2) is 4.39 Å². The van der Waals surface area contributed by atoms with Crippen LogP contribution >= 0.6 is 0 Å². The fourth-order valence-corrected chi connectivity index (χ4v) is 2.35. The minimum Gasteiger partial charge on any atom is -0.314 e. The van der Waals surface area contributed by atoms with Crippen LogP contribution in [0.15, 0.2) is 0 Å². The van der Waals surface area contributed by atoms with E-state index in [9.17, 15) is 4.39 Å². The molecule has 1 saturated carbocycles. The van der Waals surface area contributed by atoms with Gasteiger partial charge in [-0.1, -0.05) is 19.3 Å². The van der Waals surface area contributed by atoms with Crippen LogP contribution in [0, 0.1) is 0 Å². The lowest BCUT2D eigenvalue weighted by Gasteiger charge is -2.31. The van der Waals surface area contributed by atoms with Crippen LogP contribution in [0.4, 0.5) is 4.39 Å². The highest BCUT2D eigenvalue weighted by Gasteiger charge is 2.16. The zero-order chi connectivity index (χ0) is 10.9. The summed E-state index contributed by atoms with van der Waals surface area (Å²) in [6.45, 7) is 2.34. The molecule has 0 unspecified atom stereocenters. The summed E-state index contributed by atoms with van der Waals surface area (Å²) in [6.07, 6.45) is 8.09. The third kappa shape index (κ3) is 5.47. The van der Waals surface area contributed by atoms with Crippen LogP contribution in [0.25, 0.3) is 0 Å². The summed E-state index contributed by atoms with van der Waals surface area (Å²) in [5, 5.41) is 3.09. The van der Waals surface area contributed by atoms with Crippen molar-refractivity contribution in [1.29, 1.82) is 0 Å². The normalized spacial score (nSPS) is 18.6. The largest absolute Gasteiger partial charge is 0.314 e. The highest BCUT2D eigenvalue weighted by atomic mass is 19.1. The molecule has 1 N–H and O–H groups in total. The lowest BCUT2D eigenvalue weighted by molar-refractivity contribution is 0.189. The van der Waals surface area contributed by atoms with Crippen LogP contribution in [0.2, 0.25) is 0 Å². The van der Waals surface area contributed by atoms with Gasteiger partial charge in [0.2, 0.25) is 0 Å². The predicted octanol–water partition coefficient (Wildman–Crippen LogP) is 2.20. The minimum atomic E-state index is -0.252. The fourth-order valence-electron chi connectivity index (χ4n) is 2.35. The average molecular weight is 216 g/mol. The van der Waals surface area contributed by atoms with Gasteiger partial charge in [0, 0.05) is 12.6 Å². The molecular formula is C12H25FN2. The lowest BCUT2D eigenvalue weighted by Crippen LogP contribution is -2.35. The molecule has 1 rings (SSSR count). The Balaban J connectivity index is 1.99. The van der Waals surface area contributed by atoms with Crippen LogP contribution < -0.4 is 5.32 Å². The Morgan fingerprint density at radius 2 is 1.93 bits per heavy atom. The second-order valence-corrected chi connectivity index (χ2v) is 4.56. The number of halogens is 1. The molecule has 0 atom stereocenters. The molecule has 90 valence electrons. The zero-order valence-electron chi connectivity index (χ0n) is 9.97. The molecule has 1 aliphatic rings. The van der Waals surface area contributed by atoms with Gasteiger partial charge in [-0.05, 0) is 39.4 Å². The van der Waals surface area contributed by atoms with Gasteiger partial charge in [0.15, 0.2) is 0 Å². The average Bonchev–Trinajstić information content (AvgIpc) is 2.30. The predicted molar refractivity (Wildman–Crippen MR) is 63.0 cm³/mol. The Bertz CT molecular complexity index is 147. The standard InChI is InChI=1S/C12H25FN2/c1-15(11-5-9-14-10-8-13)12-6-3-2-4-7-12/h12,14H,2-11H2,1H3. The van der Waals surface area contributed by atoms with Gasteiger partial charge in [-0.15, -0.1) is 0 Å². The van der Waals surface area contributed by atoms with E-state index >= 15 is 0 Å². The van der Waals surface area contributed by atoms with Gasteiger partial charge in [0.05, 0.1) is 0 Å². The molecule has 15 heavy (non-hydrogen) atoms. The van der Waals surface area contributed by atoms with Crippen LogP contribution in [0.1, 0.15) is 38.5 Å². The fraction of sp³-hybridized carbons (Fsp3) is 1.00. The van der Waals surface area contributed by atoms with Gasteiger partial charge in [0.25, 0.3) is 0 Å². The van der Waals surface area contributed by atoms with E-state index in [1.165, 1.54) is 32.1 Å². The Labute approximate surface area is 93.2 Å². The molecule has 2 nitrogen and oxygen atoms in total. The summed E-state index contributed by atoms with van der Waals surface area (Å²) < 4.78 is 11.8. The van der Waals surface area contributed by atoms with E-state index in [0.717, 1.165) is 25.6 Å². The first-order valence-corrected chi connectivity index (χ1v) is 6.31. The van der Waals surface area contributed by atoms with Gasteiger partial charge in [-0.2, -0.15) is 0 Å². The van der Waals surface area contributed by atoms with E-state index in [2.05, 4.69) is 17.3 Å². The van der Waals surface area contributed by atoms with Crippen LogP contribution in [-0.4, -0.2) is 44.3 Å². The summed E-state index contributed by atoms with van der Waals surface area (Å²) in [4.78, 5) is 2.48. The zero-order valence-corrected chi connectivity index (χ0v) is 9.97. The minimum absolute atomic E-state index is 0.252. The van der Waals surface area contributed by atoms with Gasteiger partial charge >= 0.3 is 0 Å². The molecule has 0 heterocycles. The van der Waals surface area contributed by atoms with E-state index in [1.807, 2.05) is 0 Å². The third-order valence-electron chi connectivity index (χ3n) is 3.33. The van der Waals surface area contributed by atoms with Crippen molar-refractivity contribution in [3.05, 3.63) is 0 Å². The van der Waals surface area contributed by atoms with Crippen molar-refractivity contribution < 1.29 is 4.39 Å². The highest BCUT2D eigenvalue weighted by Crippen LogP contribution is 2.21. The molecule has 0 aromatic rings. The highest BCUT2D eigenvalue weighted by molar-refractivity contribution is 4.73. The molecule has 1 aliphatic carbocycles. The summed E-state index contributed by atoms with van der Waals surface area (Å²) in [6, 6.07) is 0.805. The molecule has 0 aliphatic heterocycles. The van der Waals surface area contributed by atoms with Gasteiger partial charge in [-0.3, -0.25) is 0 Å². The maximum absolute atomic E-state index is 11.8. The quantitative estimate of drug-likeness (QED) is 0.656. The maximum atomic E-state index is 11.8. The van der Waals surface area contributed by atoms with Crippen molar-refractivity contribution in [3.63, 3.8) is 0 Å². The van der Waals surface area contributed by atoms with Crippen LogP contribution in [-0.2, 0) is 0 Å². The molecule has 0 saturated heterocycles. The Morgan fingerprint density at radius 3 is 2.60 bits per heavy atom. The maximum Gasteiger partial charge on any atom is 0.102 e. The third-order valence-corrected chi connectivity index (χ3v) is 3.33. The number of alkyl halides is 1. The van der Waals surface area contributed by atoms with Crippen molar-refractivity contribution in [3.8, 4) is 0 Å². The monoisotopic (exact) mass is 216 g/mol. The van der Waals surface area contributed by atoms with Crippen LogP contribution in [0.3, 0.4) is 0 Å². The lowest BCUT2D eigenvalue weighted by atomic mass is 9.94. The second kappa shape index (κ2) is 8.05. The molecule has 0 radical (unpaired) electrons. The summed E-state index contributed by atoms with van der Waals surface area (Å²) in [5.74, 6) is 0. The second-order valence-electron chi connectivity index (χ2n) is 4.56. The van der Waals surface area contributed by atoms with Gasteiger partial charge in [0.1, 0.15) is 6.67 Å². The number of rotatable bonds is 7. The smallest absolute Gasteiger partial charge is 0.102 e. The molecule has 3 heteroatoms. The molecule has 0 amide bonds. The Hall–Kier alpha value is -0.150. The Kier molecular flexibility index (Phi) is 6.94. The van der Waals surface area contributed by atoms with E-state index in [0.29, 0.717) is 6.54 Å². The summed E-state index contributed by atoms with van der Waals surface area (Å²) >= 11 is 0. The molecular weight excluding hydrogens is 191 g/mol. The molecule has 0 aromatic carbocycles. The number of nitrogens with one attached hydrogen (secondary N) is 1. The summed E-state index contributed by atoms with van der Waals surface area (Å²) in [5.41, 5.74) is 0. The SMILES string of the molecule is CN(CCCNCCF)C1CCCCC1. The van der Waals surface area contributed by atoms with E-state index in [1.54, 1.807) is 0 Å².